The minimum Gasteiger partial charge on any atom is -0.337 e. The zero-order chi connectivity index (χ0) is 17.5. The van der Waals surface area contributed by atoms with Crippen LogP contribution in [0.4, 0.5) is 0 Å². The summed E-state index contributed by atoms with van der Waals surface area (Å²) in [7, 11) is 0. The molecule has 0 aliphatic rings. The van der Waals surface area contributed by atoms with Crippen LogP contribution in [-0.4, -0.2) is 19.9 Å². The quantitative estimate of drug-likeness (QED) is 0.419. The van der Waals surface area contributed by atoms with Gasteiger partial charge in [-0.3, -0.25) is 0 Å². The van der Waals surface area contributed by atoms with Gasteiger partial charge in [-0.2, -0.15) is 0 Å². The Morgan fingerprint density at radius 2 is 1.23 bits per heavy atom. The first-order valence-corrected chi connectivity index (χ1v) is 9.05. The summed E-state index contributed by atoms with van der Waals surface area (Å²) < 4.78 is 1.03. The number of para-hydroxylation sites is 4. The van der Waals surface area contributed by atoms with Gasteiger partial charge in [0, 0.05) is 10.0 Å². The molecule has 0 saturated heterocycles. The Kier molecular flexibility index (Phi) is 3.53. The number of aromatic amines is 1. The zero-order valence-corrected chi connectivity index (χ0v) is 15.2. The first-order chi connectivity index (χ1) is 12.8. The molecule has 0 atom stereocenters. The number of fused-ring (bicyclic) bond motifs is 2. The van der Waals surface area contributed by atoms with E-state index < -0.39 is 0 Å². The molecule has 2 aromatic heterocycles. The molecule has 0 radical (unpaired) electrons. The van der Waals surface area contributed by atoms with E-state index in [1.807, 2.05) is 72.8 Å². The van der Waals surface area contributed by atoms with Crippen LogP contribution < -0.4 is 0 Å². The van der Waals surface area contributed by atoms with Gasteiger partial charge in [0.2, 0.25) is 0 Å². The van der Waals surface area contributed by atoms with E-state index >= 15 is 0 Å². The van der Waals surface area contributed by atoms with Crippen molar-refractivity contribution in [1.29, 1.82) is 0 Å². The van der Waals surface area contributed by atoms with Crippen molar-refractivity contribution in [2.24, 2.45) is 0 Å². The normalized spacial score (nSPS) is 11.3. The Morgan fingerprint density at radius 1 is 0.615 bits per heavy atom. The number of hydrogen-bond donors (Lipinski definition) is 1. The van der Waals surface area contributed by atoms with Crippen molar-refractivity contribution in [3.63, 3.8) is 0 Å². The Balaban J connectivity index is 1.81. The molecule has 0 saturated carbocycles. The SMILES string of the molecule is Brc1ccc(-c2nc3ccccc3nc2-c2nc3ccccc3[nH]2)cc1. The van der Waals surface area contributed by atoms with Crippen molar-refractivity contribution in [2.45, 2.75) is 0 Å². The Hall–Kier alpha value is -3.05. The zero-order valence-electron chi connectivity index (χ0n) is 13.6. The first kappa shape index (κ1) is 15.2. The summed E-state index contributed by atoms with van der Waals surface area (Å²) in [6.07, 6.45) is 0. The summed E-state index contributed by atoms with van der Waals surface area (Å²) in [6, 6.07) is 24.0. The monoisotopic (exact) mass is 400 g/mol. The molecular formula is C21H13BrN4. The number of imidazole rings is 1. The van der Waals surface area contributed by atoms with Crippen molar-refractivity contribution in [2.75, 3.05) is 0 Å². The molecule has 1 N–H and O–H groups in total. The first-order valence-electron chi connectivity index (χ1n) is 8.26. The van der Waals surface area contributed by atoms with Crippen LogP contribution in [0, 0.1) is 0 Å². The fourth-order valence-electron chi connectivity index (χ4n) is 3.04. The Morgan fingerprint density at radius 3 is 1.92 bits per heavy atom. The molecule has 3 aromatic carbocycles. The molecule has 0 aliphatic heterocycles. The predicted octanol–water partition coefficient (Wildman–Crippen LogP) is 5.60. The van der Waals surface area contributed by atoms with Gasteiger partial charge in [0.15, 0.2) is 5.82 Å². The summed E-state index contributed by atoms with van der Waals surface area (Å²) in [5.74, 6) is 0.724. The van der Waals surface area contributed by atoms with Gasteiger partial charge >= 0.3 is 0 Å². The van der Waals surface area contributed by atoms with E-state index in [9.17, 15) is 0 Å². The van der Waals surface area contributed by atoms with Crippen LogP contribution in [-0.2, 0) is 0 Å². The van der Waals surface area contributed by atoms with Gasteiger partial charge in [0.1, 0.15) is 11.4 Å². The van der Waals surface area contributed by atoms with Crippen LogP contribution >= 0.6 is 15.9 Å². The molecular weight excluding hydrogens is 388 g/mol. The number of hydrogen-bond acceptors (Lipinski definition) is 3. The van der Waals surface area contributed by atoms with Crippen LogP contribution in [0.15, 0.2) is 77.3 Å². The van der Waals surface area contributed by atoms with Gasteiger partial charge in [0.25, 0.3) is 0 Å². The van der Waals surface area contributed by atoms with Crippen molar-refractivity contribution in [3.8, 4) is 22.8 Å². The van der Waals surface area contributed by atoms with Gasteiger partial charge in [-0.1, -0.05) is 52.3 Å². The maximum atomic E-state index is 4.88. The molecule has 0 aliphatic carbocycles. The maximum absolute atomic E-state index is 4.88. The predicted molar refractivity (Wildman–Crippen MR) is 108 cm³/mol. The Labute approximate surface area is 158 Å². The van der Waals surface area contributed by atoms with Crippen LogP contribution in [0.5, 0.6) is 0 Å². The number of nitrogens with one attached hydrogen (secondary N) is 1. The molecule has 5 aromatic rings. The Bertz CT molecular complexity index is 1210. The summed E-state index contributed by atoms with van der Waals surface area (Å²) in [5, 5.41) is 0. The summed E-state index contributed by atoms with van der Waals surface area (Å²) in [6.45, 7) is 0. The number of nitrogens with zero attached hydrogens (tertiary/aromatic N) is 3. The second-order valence-corrected chi connectivity index (χ2v) is 6.93. The average molecular weight is 401 g/mol. The molecule has 5 rings (SSSR count). The van der Waals surface area contributed by atoms with Crippen molar-refractivity contribution >= 4 is 38.0 Å². The highest BCUT2D eigenvalue weighted by molar-refractivity contribution is 9.10. The average Bonchev–Trinajstić information content (AvgIpc) is 3.12. The molecule has 0 fully saturated rings. The van der Waals surface area contributed by atoms with E-state index in [1.165, 1.54) is 0 Å². The van der Waals surface area contributed by atoms with Crippen LogP contribution in [0.1, 0.15) is 0 Å². The minimum absolute atomic E-state index is 0.724. The highest BCUT2D eigenvalue weighted by Crippen LogP contribution is 2.31. The lowest BCUT2D eigenvalue weighted by Gasteiger charge is -2.08. The summed E-state index contributed by atoms with van der Waals surface area (Å²) >= 11 is 3.49. The third-order valence-corrected chi connectivity index (χ3v) is 4.83. The van der Waals surface area contributed by atoms with E-state index in [-0.39, 0.29) is 0 Å². The molecule has 0 spiro atoms. The van der Waals surface area contributed by atoms with E-state index in [2.05, 4.69) is 20.9 Å². The molecule has 2 heterocycles. The third-order valence-electron chi connectivity index (χ3n) is 4.30. The summed E-state index contributed by atoms with van der Waals surface area (Å²) in [4.78, 5) is 17.9. The lowest BCUT2D eigenvalue weighted by molar-refractivity contribution is 1.23. The van der Waals surface area contributed by atoms with Gasteiger partial charge < -0.3 is 4.98 Å². The number of rotatable bonds is 2. The molecule has 5 heteroatoms. The van der Waals surface area contributed by atoms with Gasteiger partial charge in [-0.25, -0.2) is 15.0 Å². The number of aromatic nitrogens is 4. The smallest absolute Gasteiger partial charge is 0.159 e. The lowest BCUT2D eigenvalue weighted by atomic mass is 10.1. The third kappa shape index (κ3) is 2.57. The molecule has 4 nitrogen and oxygen atoms in total. The standard InChI is InChI=1S/C21H13BrN4/c22-14-11-9-13(10-12-14)19-20(24-16-6-2-1-5-15(16)23-19)21-25-17-7-3-4-8-18(17)26-21/h1-12H,(H,25,26). The molecule has 0 amide bonds. The van der Waals surface area contributed by atoms with Crippen LogP contribution in [0.2, 0.25) is 0 Å². The largest absolute Gasteiger partial charge is 0.337 e. The highest BCUT2D eigenvalue weighted by atomic mass is 79.9. The van der Waals surface area contributed by atoms with Crippen LogP contribution in [0.3, 0.4) is 0 Å². The van der Waals surface area contributed by atoms with E-state index in [4.69, 9.17) is 15.0 Å². The number of H-pyrrole nitrogens is 1. The van der Waals surface area contributed by atoms with E-state index in [0.717, 1.165) is 49.3 Å². The lowest BCUT2D eigenvalue weighted by Crippen LogP contribution is -1.96. The molecule has 26 heavy (non-hydrogen) atoms. The topological polar surface area (TPSA) is 54.5 Å². The van der Waals surface area contributed by atoms with Gasteiger partial charge in [-0.15, -0.1) is 0 Å². The molecule has 0 unspecified atom stereocenters. The second kappa shape index (κ2) is 6.04. The van der Waals surface area contributed by atoms with Crippen molar-refractivity contribution < 1.29 is 0 Å². The van der Waals surface area contributed by atoms with Gasteiger partial charge in [-0.05, 0) is 36.4 Å². The van der Waals surface area contributed by atoms with E-state index in [1.54, 1.807) is 0 Å². The van der Waals surface area contributed by atoms with Gasteiger partial charge in [0.05, 0.1) is 22.1 Å². The number of halogens is 1. The second-order valence-electron chi connectivity index (χ2n) is 6.02. The van der Waals surface area contributed by atoms with Crippen LogP contribution in [0.25, 0.3) is 44.8 Å². The maximum Gasteiger partial charge on any atom is 0.159 e. The van der Waals surface area contributed by atoms with Crippen molar-refractivity contribution in [3.05, 3.63) is 77.3 Å². The van der Waals surface area contributed by atoms with Crippen molar-refractivity contribution in [1.82, 2.24) is 19.9 Å². The number of benzene rings is 3. The summed E-state index contributed by atoms with van der Waals surface area (Å²) in [5.41, 5.74) is 6.19. The molecule has 124 valence electrons. The fraction of sp³-hybridized carbons (Fsp3) is 0. The minimum atomic E-state index is 0.724. The fourth-order valence-corrected chi connectivity index (χ4v) is 3.30. The molecule has 0 bridgehead atoms. The highest BCUT2D eigenvalue weighted by Gasteiger charge is 2.16. The van der Waals surface area contributed by atoms with E-state index in [0.29, 0.717) is 0 Å².